The molecule has 0 atom stereocenters. The van der Waals surface area contributed by atoms with Crippen molar-refractivity contribution in [3.8, 4) is 10.8 Å². The van der Waals surface area contributed by atoms with Crippen molar-refractivity contribution in [2.24, 2.45) is 11.3 Å². The first-order valence-electron chi connectivity index (χ1n) is 4.38. The predicted octanol–water partition coefficient (Wildman–Crippen LogP) is 3.81. The fourth-order valence-electron chi connectivity index (χ4n) is 1.13. The van der Waals surface area contributed by atoms with Crippen molar-refractivity contribution in [2.75, 3.05) is 11.5 Å². The van der Waals surface area contributed by atoms with Gasteiger partial charge in [-0.2, -0.15) is 0 Å². The van der Waals surface area contributed by atoms with Gasteiger partial charge in [-0.1, -0.05) is 26.7 Å². The summed E-state index contributed by atoms with van der Waals surface area (Å²) in [4.78, 5) is 2.81. The molecule has 74 valence electrons. The predicted molar refractivity (Wildman–Crippen MR) is 68.4 cm³/mol. The Hall–Kier alpha value is 0.740. The molecule has 1 aliphatic rings. The highest BCUT2D eigenvalue weighted by Gasteiger charge is 2.29. The highest BCUT2D eigenvalue weighted by Crippen LogP contribution is 2.40. The molecule has 0 aromatic carbocycles. The minimum absolute atomic E-state index is 0.451. The van der Waals surface area contributed by atoms with Gasteiger partial charge >= 0.3 is 0 Å². The molecule has 3 heteroatoms. The Morgan fingerprint density at radius 1 is 1.23 bits per heavy atom. The summed E-state index contributed by atoms with van der Waals surface area (Å²) in [7, 11) is 0. The van der Waals surface area contributed by atoms with Crippen LogP contribution in [0.5, 0.6) is 0 Å². The number of rotatable bonds is 0. The number of halogens is 1. The van der Waals surface area contributed by atoms with Gasteiger partial charge < -0.3 is 0 Å². The molecule has 0 bridgehead atoms. The quantitative estimate of drug-likeness (QED) is 0.618. The van der Waals surface area contributed by atoms with E-state index in [1.165, 1.54) is 11.5 Å². The Morgan fingerprint density at radius 3 is 2.15 bits per heavy atom. The summed E-state index contributed by atoms with van der Waals surface area (Å²) >= 11 is 7.12. The second-order valence-corrected chi connectivity index (χ2v) is 7.27. The van der Waals surface area contributed by atoms with Crippen LogP contribution in [-0.2, 0) is 0 Å². The van der Waals surface area contributed by atoms with Crippen LogP contribution < -0.4 is 0 Å². The fraction of sp³-hybridized carbons (Fsp3) is 0.800. The van der Waals surface area contributed by atoms with Crippen molar-refractivity contribution in [3.05, 3.63) is 0 Å². The van der Waals surface area contributed by atoms with Crippen molar-refractivity contribution in [3.63, 3.8) is 0 Å². The normalized spacial score (nSPS) is 29.2. The maximum atomic E-state index is 3.15. The van der Waals surface area contributed by atoms with Gasteiger partial charge in [0.15, 0.2) is 0 Å². The zero-order chi connectivity index (χ0) is 9.90. The molecule has 0 nitrogen and oxygen atoms in total. The van der Waals surface area contributed by atoms with Crippen LogP contribution in [0.4, 0.5) is 0 Å². The highest BCUT2D eigenvalue weighted by molar-refractivity contribution is 9.12. The van der Waals surface area contributed by atoms with Crippen molar-refractivity contribution in [1.29, 1.82) is 0 Å². The van der Waals surface area contributed by atoms with Gasteiger partial charge in [0.2, 0.25) is 0 Å². The molecule has 13 heavy (non-hydrogen) atoms. The molecule has 1 saturated heterocycles. The van der Waals surface area contributed by atoms with E-state index in [-0.39, 0.29) is 0 Å². The van der Waals surface area contributed by atoms with Crippen molar-refractivity contribution in [1.82, 2.24) is 0 Å². The summed E-state index contributed by atoms with van der Waals surface area (Å²) in [6, 6.07) is 0. The van der Waals surface area contributed by atoms with Crippen LogP contribution in [0.3, 0.4) is 0 Å². The highest BCUT2D eigenvalue weighted by atomic mass is 79.9. The van der Waals surface area contributed by atoms with Gasteiger partial charge in [0.1, 0.15) is 4.58 Å². The monoisotopic (exact) mass is 278 g/mol. The first kappa shape index (κ1) is 11.8. The number of hydrogen-bond donors (Lipinski definition) is 0. The van der Waals surface area contributed by atoms with E-state index in [9.17, 15) is 0 Å². The molecule has 1 heterocycles. The third-order valence-electron chi connectivity index (χ3n) is 2.29. The van der Waals surface area contributed by atoms with Crippen LogP contribution in [0, 0.1) is 22.1 Å². The van der Waals surface area contributed by atoms with E-state index in [2.05, 4.69) is 47.5 Å². The van der Waals surface area contributed by atoms with Gasteiger partial charge in [-0.05, 0) is 27.7 Å². The zero-order valence-corrected chi connectivity index (χ0v) is 11.5. The van der Waals surface area contributed by atoms with Crippen LogP contribution in [0.2, 0.25) is 0 Å². The fourth-order valence-corrected chi connectivity index (χ4v) is 5.00. The lowest BCUT2D eigenvalue weighted by Crippen LogP contribution is -2.29. The SMILES string of the molecule is CC(C)(C)C1CSC(C#CBr)SC1. The van der Waals surface area contributed by atoms with E-state index < -0.39 is 0 Å². The van der Waals surface area contributed by atoms with Crippen LogP contribution >= 0.6 is 39.5 Å². The summed E-state index contributed by atoms with van der Waals surface area (Å²) < 4.78 is 0.484. The maximum absolute atomic E-state index is 3.15. The minimum Gasteiger partial charge on any atom is -0.134 e. The van der Waals surface area contributed by atoms with Gasteiger partial charge in [0, 0.05) is 15.9 Å². The molecular formula is C10H15BrS2. The molecule has 0 aliphatic carbocycles. The van der Waals surface area contributed by atoms with Crippen molar-refractivity contribution in [2.45, 2.75) is 25.4 Å². The average molecular weight is 279 g/mol. The van der Waals surface area contributed by atoms with E-state index in [1.807, 2.05) is 23.5 Å². The summed E-state index contributed by atoms with van der Waals surface area (Å²) in [5.41, 5.74) is 0.451. The molecule has 1 aliphatic heterocycles. The lowest BCUT2D eigenvalue weighted by molar-refractivity contribution is 0.293. The molecule has 0 amide bonds. The second-order valence-electron chi connectivity index (χ2n) is 4.30. The van der Waals surface area contributed by atoms with Crippen molar-refractivity contribution < 1.29 is 0 Å². The van der Waals surface area contributed by atoms with Crippen LogP contribution in [0.1, 0.15) is 20.8 Å². The van der Waals surface area contributed by atoms with Crippen LogP contribution in [-0.4, -0.2) is 16.1 Å². The maximum Gasteiger partial charge on any atom is 0.112 e. The zero-order valence-electron chi connectivity index (χ0n) is 8.26. The number of thioether (sulfide) groups is 2. The van der Waals surface area contributed by atoms with Gasteiger partial charge in [-0.25, -0.2) is 0 Å². The van der Waals surface area contributed by atoms with Crippen LogP contribution in [0.15, 0.2) is 0 Å². The van der Waals surface area contributed by atoms with E-state index in [1.54, 1.807) is 0 Å². The summed E-state index contributed by atoms with van der Waals surface area (Å²) in [6.45, 7) is 6.99. The molecule has 0 saturated carbocycles. The van der Waals surface area contributed by atoms with Gasteiger partial charge in [0.25, 0.3) is 0 Å². The topological polar surface area (TPSA) is 0 Å². The van der Waals surface area contributed by atoms with Gasteiger partial charge in [-0.3, -0.25) is 0 Å². The smallest absolute Gasteiger partial charge is 0.112 e. The average Bonchev–Trinajstić information content (AvgIpc) is 2.04. The van der Waals surface area contributed by atoms with E-state index in [0.717, 1.165) is 5.92 Å². The molecule has 1 rings (SSSR count). The first-order valence-corrected chi connectivity index (χ1v) is 7.27. The Morgan fingerprint density at radius 2 is 1.77 bits per heavy atom. The van der Waals surface area contributed by atoms with Crippen LogP contribution in [0.25, 0.3) is 0 Å². The third kappa shape index (κ3) is 3.77. The van der Waals surface area contributed by atoms with Crippen molar-refractivity contribution >= 4 is 39.5 Å². The molecule has 0 aromatic heterocycles. The minimum atomic E-state index is 0.451. The van der Waals surface area contributed by atoms with E-state index in [0.29, 0.717) is 10.00 Å². The van der Waals surface area contributed by atoms with Gasteiger partial charge in [-0.15, -0.1) is 23.5 Å². The molecule has 0 aromatic rings. The molecule has 0 N–H and O–H groups in total. The third-order valence-corrected chi connectivity index (χ3v) is 5.37. The van der Waals surface area contributed by atoms with E-state index >= 15 is 0 Å². The lowest BCUT2D eigenvalue weighted by Gasteiger charge is -2.34. The van der Waals surface area contributed by atoms with Gasteiger partial charge in [0.05, 0.1) is 0 Å². The summed E-state index contributed by atoms with van der Waals surface area (Å²) in [5.74, 6) is 6.48. The lowest BCUT2D eigenvalue weighted by atomic mass is 9.83. The molecule has 1 fully saturated rings. The first-order chi connectivity index (χ1) is 6.04. The number of hydrogen-bond acceptors (Lipinski definition) is 2. The molecule has 0 radical (unpaired) electrons. The summed E-state index contributed by atoms with van der Waals surface area (Å²) in [6.07, 6.45) is 0. The Bertz CT molecular complexity index is 213. The standard InChI is InChI=1S/C10H15BrS2/c1-10(2,3)8-6-12-9(4-5-11)13-7-8/h8-9H,6-7H2,1-3H3. The largest absolute Gasteiger partial charge is 0.134 e. The summed E-state index contributed by atoms with van der Waals surface area (Å²) in [5, 5.41) is 0. The Labute approximate surface area is 98.1 Å². The molecule has 0 spiro atoms. The van der Waals surface area contributed by atoms with E-state index in [4.69, 9.17) is 0 Å². The second kappa shape index (κ2) is 5.00. The molecular weight excluding hydrogens is 264 g/mol. The molecule has 0 unspecified atom stereocenters. The Kier molecular flexibility index (Phi) is 4.54. The Balaban J connectivity index is 2.42.